The quantitative estimate of drug-likeness (QED) is 0.743. The topological polar surface area (TPSA) is 15.6 Å². The van der Waals surface area contributed by atoms with E-state index in [2.05, 4.69) is 32.6 Å². The van der Waals surface area contributed by atoms with Crippen molar-refractivity contribution in [3.8, 4) is 0 Å². The molecule has 1 aromatic carbocycles. The third-order valence-electron chi connectivity index (χ3n) is 2.94. The summed E-state index contributed by atoms with van der Waals surface area (Å²) in [6, 6.07) is 5.97. The number of nitrogens with zero attached hydrogens (tertiary/aromatic N) is 2. The summed E-state index contributed by atoms with van der Waals surface area (Å²) in [5.74, 6) is 0. The maximum absolute atomic E-state index is 6.20. The van der Waals surface area contributed by atoms with Gasteiger partial charge in [0.05, 0.1) is 15.7 Å². The van der Waals surface area contributed by atoms with Crippen molar-refractivity contribution in [3.63, 3.8) is 0 Å². The van der Waals surface area contributed by atoms with E-state index in [1.807, 2.05) is 12.1 Å². The molecule has 1 fully saturated rings. The van der Waals surface area contributed by atoms with Crippen LogP contribution in [0.2, 0.25) is 10.0 Å². The fourth-order valence-electron chi connectivity index (χ4n) is 1.99. The molecule has 1 saturated heterocycles. The van der Waals surface area contributed by atoms with Crippen molar-refractivity contribution in [3.05, 3.63) is 28.2 Å². The van der Waals surface area contributed by atoms with E-state index in [1.165, 1.54) is 0 Å². The van der Waals surface area contributed by atoms with Gasteiger partial charge >= 0.3 is 0 Å². The second kappa shape index (κ2) is 5.55. The average Bonchev–Trinajstić information content (AvgIpc) is 2.60. The molecule has 1 aromatic rings. The molecule has 0 spiro atoms. The Bertz CT molecular complexity index is 512. The van der Waals surface area contributed by atoms with Crippen LogP contribution in [0.15, 0.2) is 23.2 Å². The molecule has 0 N–H and O–H groups in total. The normalized spacial score (nSPS) is 20.6. The lowest BCUT2D eigenvalue weighted by Crippen LogP contribution is -2.34. The summed E-state index contributed by atoms with van der Waals surface area (Å²) in [6.45, 7) is 9.81. The highest BCUT2D eigenvalue weighted by Gasteiger charge is 2.36. The fourth-order valence-corrected chi connectivity index (χ4v) is 3.56. The Hall–Kier alpha value is -0.380. The predicted octanol–water partition coefficient (Wildman–Crippen LogP) is 5.22. The van der Waals surface area contributed by atoms with Gasteiger partial charge in [-0.25, -0.2) is 4.99 Å². The molecule has 0 aromatic heterocycles. The van der Waals surface area contributed by atoms with Crippen LogP contribution in [0.3, 0.4) is 0 Å². The first-order valence-corrected chi connectivity index (χ1v) is 7.86. The number of rotatable bonds is 2. The highest BCUT2D eigenvalue weighted by atomic mass is 35.5. The van der Waals surface area contributed by atoms with Gasteiger partial charge in [0.2, 0.25) is 0 Å². The van der Waals surface area contributed by atoms with E-state index >= 15 is 0 Å². The van der Waals surface area contributed by atoms with Crippen molar-refractivity contribution in [1.82, 2.24) is 4.90 Å². The first-order chi connectivity index (χ1) is 8.80. The van der Waals surface area contributed by atoms with Gasteiger partial charge < -0.3 is 4.90 Å². The SMILES string of the molecule is CC(C)N1CC(C)(C)S/C1=N\c1cccc(Cl)c1Cl. The average molecular weight is 317 g/mol. The Morgan fingerprint density at radius 3 is 2.63 bits per heavy atom. The number of thioether (sulfide) groups is 1. The van der Waals surface area contributed by atoms with Crippen LogP contribution < -0.4 is 0 Å². The lowest BCUT2D eigenvalue weighted by molar-refractivity contribution is 0.344. The summed E-state index contributed by atoms with van der Waals surface area (Å²) in [7, 11) is 0. The zero-order valence-corrected chi connectivity index (χ0v) is 13.9. The third kappa shape index (κ3) is 3.39. The summed E-state index contributed by atoms with van der Waals surface area (Å²) in [6.07, 6.45) is 0. The van der Waals surface area contributed by atoms with Crippen LogP contribution in [-0.2, 0) is 0 Å². The summed E-state index contributed by atoms with van der Waals surface area (Å²) in [5.41, 5.74) is 0.736. The zero-order chi connectivity index (χ0) is 14.2. The second-order valence-corrected chi connectivity index (χ2v) is 8.01. The number of amidine groups is 1. The van der Waals surface area contributed by atoms with Gasteiger partial charge in [-0.1, -0.05) is 41.0 Å². The standard InChI is InChI=1S/C14H18Cl2N2S/c1-9(2)18-8-14(3,4)19-13(18)17-11-7-5-6-10(15)12(11)16/h5-7,9H,8H2,1-4H3/b17-13-. The predicted molar refractivity (Wildman–Crippen MR) is 87.1 cm³/mol. The molecule has 5 heteroatoms. The molecule has 0 aliphatic carbocycles. The number of aliphatic imine (C=N–C) groups is 1. The molecule has 0 amide bonds. The van der Waals surface area contributed by atoms with Gasteiger partial charge in [0.15, 0.2) is 5.17 Å². The number of hydrogen-bond donors (Lipinski definition) is 0. The molecule has 0 unspecified atom stereocenters. The van der Waals surface area contributed by atoms with E-state index in [0.717, 1.165) is 17.4 Å². The van der Waals surface area contributed by atoms with Gasteiger partial charge in [-0.05, 0) is 39.8 Å². The molecule has 2 rings (SSSR count). The number of hydrogen-bond acceptors (Lipinski definition) is 2. The van der Waals surface area contributed by atoms with Crippen molar-refractivity contribution in [2.24, 2.45) is 4.99 Å². The summed E-state index contributed by atoms with van der Waals surface area (Å²) >= 11 is 14.0. The summed E-state index contributed by atoms with van der Waals surface area (Å²) in [5, 5.41) is 2.08. The lowest BCUT2D eigenvalue weighted by Gasteiger charge is -2.23. The molecule has 0 bridgehead atoms. The Morgan fingerprint density at radius 2 is 2.00 bits per heavy atom. The van der Waals surface area contributed by atoms with E-state index < -0.39 is 0 Å². The minimum Gasteiger partial charge on any atom is -0.347 e. The Morgan fingerprint density at radius 1 is 1.32 bits per heavy atom. The van der Waals surface area contributed by atoms with E-state index in [1.54, 1.807) is 17.8 Å². The Labute approximate surface area is 129 Å². The summed E-state index contributed by atoms with van der Waals surface area (Å²) in [4.78, 5) is 7.01. The van der Waals surface area contributed by atoms with Gasteiger partial charge in [-0.15, -0.1) is 0 Å². The van der Waals surface area contributed by atoms with Crippen molar-refractivity contribution in [1.29, 1.82) is 0 Å². The van der Waals surface area contributed by atoms with E-state index in [9.17, 15) is 0 Å². The molecule has 1 aliphatic rings. The number of halogens is 2. The Kier molecular flexibility index (Phi) is 4.38. The minimum absolute atomic E-state index is 0.175. The Balaban J connectivity index is 2.38. The van der Waals surface area contributed by atoms with Crippen molar-refractivity contribution < 1.29 is 0 Å². The van der Waals surface area contributed by atoms with Crippen LogP contribution in [0, 0.1) is 0 Å². The molecule has 19 heavy (non-hydrogen) atoms. The smallest absolute Gasteiger partial charge is 0.165 e. The monoisotopic (exact) mass is 316 g/mol. The van der Waals surface area contributed by atoms with Gasteiger partial charge in [-0.3, -0.25) is 0 Å². The lowest BCUT2D eigenvalue weighted by atomic mass is 10.2. The molecule has 0 saturated carbocycles. The molecular weight excluding hydrogens is 299 g/mol. The first kappa shape index (κ1) is 15.0. The highest BCUT2D eigenvalue weighted by Crippen LogP contribution is 2.39. The molecule has 0 radical (unpaired) electrons. The van der Waals surface area contributed by atoms with Crippen LogP contribution in [0.5, 0.6) is 0 Å². The van der Waals surface area contributed by atoms with E-state index in [4.69, 9.17) is 28.2 Å². The van der Waals surface area contributed by atoms with Crippen LogP contribution >= 0.6 is 35.0 Å². The van der Waals surface area contributed by atoms with E-state index in [-0.39, 0.29) is 4.75 Å². The van der Waals surface area contributed by atoms with Crippen LogP contribution in [0.25, 0.3) is 0 Å². The molecule has 1 heterocycles. The molecule has 104 valence electrons. The van der Waals surface area contributed by atoms with Crippen molar-refractivity contribution in [2.45, 2.75) is 38.5 Å². The molecular formula is C14H18Cl2N2S. The van der Waals surface area contributed by atoms with Gasteiger partial charge in [-0.2, -0.15) is 0 Å². The van der Waals surface area contributed by atoms with Gasteiger partial charge in [0.25, 0.3) is 0 Å². The molecule has 2 nitrogen and oxygen atoms in total. The maximum Gasteiger partial charge on any atom is 0.165 e. The van der Waals surface area contributed by atoms with Crippen molar-refractivity contribution >= 4 is 45.8 Å². The van der Waals surface area contributed by atoms with Gasteiger partial charge in [0.1, 0.15) is 0 Å². The van der Waals surface area contributed by atoms with Gasteiger partial charge in [0, 0.05) is 17.3 Å². The highest BCUT2D eigenvalue weighted by molar-refractivity contribution is 8.15. The zero-order valence-electron chi connectivity index (χ0n) is 11.6. The number of benzene rings is 1. The molecule has 1 aliphatic heterocycles. The van der Waals surface area contributed by atoms with Crippen LogP contribution in [0.1, 0.15) is 27.7 Å². The largest absolute Gasteiger partial charge is 0.347 e. The van der Waals surface area contributed by atoms with Crippen molar-refractivity contribution in [2.75, 3.05) is 6.54 Å². The maximum atomic E-state index is 6.20. The second-order valence-electron chi connectivity index (χ2n) is 5.55. The summed E-state index contributed by atoms with van der Waals surface area (Å²) < 4.78 is 0.175. The van der Waals surface area contributed by atoms with Crippen LogP contribution in [-0.4, -0.2) is 27.4 Å². The minimum atomic E-state index is 0.175. The van der Waals surface area contributed by atoms with Crippen LogP contribution in [0.4, 0.5) is 5.69 Å². The fraction of sp³-hybridized carbons (Fsp3) is 0.500. The van der Waals surface area contributed by atoms with E-state index in [0.29, 0.717) is 16.1 Å². The first-order valence-electron chi connectivity index (χ1n) is 6.28. The third-order valence-corrected chi connectivity index (χ3v) is 4.93. The molecule has 0 atom stereocenters.